The van der Waals surface area contributed by atoms with Crippen LogP contribution in [-0.2, 0) is 13.2 Å². The van der Waals surface area contributed by atoms with Gasteiger partial charge in [0.2, 0.25) is 5.95 Å². The van der Waals surface area contributed by atoms with Gasteiger partial charge in [0.05, 0.1) is 11.3 Å². The average Bonchev–Trinajstić information content (AvgIpc) is 3.07. The number of alkyl halides is 3. The van der Waals surface area contributed by atoms with Crippen molar-refractivity contribution < 1.29 is 18.0 Å². The monoisotopic (exact) mass is 641 g/mol. The summed E-state index contributed by atoms with van der Waals surface area (Å²) in [5.74, 6) is -0.390. The van der Waals surface area contributed by atoms with Gasteiger partial charge in [-0.1, -0.05) is 19.1 Å². The summed E-state index contributed by atoms with van der Waals surface area (Å²) in [6, 6.07) is 19.2. The van der Waals surface area contributed by atoms with Crippen molar-refractivity contribution in [1.82, 2.24) is 19.4 Å². The zero-order valence-corrected chi connectivity index (χ0v) is 26.2. The van der Waals surface area contributed by atoms with Crippen LogP contribution in [-0.4, -0.2) is 58.1 Å². The van der Waals surface area contributed by atoms with Crippen LogP contribution in [0.2, 0.25) is 0 Å². The zero-order valence-electron chi connectivity index (χ0n) is 26.2. The zero-order chi connectivity index (χ0) is 33.3. The first-order valence-electron chi connectivity index (χ1n) is 15.3. The molecule has 6 rings (SSSR count). The largest absolute Gasteiger partial charge is 0.416 e. The number of benzene rings is 3. The standard InChI is InChI=1S/C35H34F3N7O2/c1-4-44-14-16-45(17-15-44)28-12-10-26(11-13-28)41-34-39-21-24-19-30(43(3)33(47)31(24)42-34)29-20-27(9-8-22(29)2)40-32(46)23-6-5-7-25(18-23)35(36,37)38/h5-13,18-21H,4,14-17H2,1-3H3,(H,40,46)(H,39,41,42). The molecule has 1 fully saturated rings. The van der Waals surface area contributed by atoms with Crippen molar-refractivity contribution in [1.29, 1.82) is 0 Å². The summed E-state index contributed by atoms with van der Waals surface area (Å²) in [4.78, 5) is 40.1. The van der Waals surface area contributed by atoms with Crippen molar-refractivity contribution in [3.05, 3.63) is 106 Å². The lowest BCUT2D eigenvalue weighted by atomic mass is 10.0. The van der Waals surface area contributed by atoms with Gasteiger partial charge in [-0.25, -0.2) is 9.97 Å². The van der Waals surface area contributed by atoms with Crippen LogP contribution in [0.4, 0.5) is 36.2 Å². The Bertz CT molecular complexity index is 2000. The molecule has 3 heterocycles. The van der Waals surface area contributed by atoms with Gasteiger partial charge in [0.25, 0.3) is 11.5 Å². The first kappa shape index (κ1) is 31.7. The second kappa shape index (κ2) is 12.9. The fourth-order valence-corrected chi connectivity index (χ4v) is 5.72. The highest BCUT2D eigenvalue weighted by Gasteiger charge is 2.31. The smallest absolute Gasteiger partial charge is 0.369 e. The molecule has 1 amide bonds. The summed E-state index contributed by atoms with van der Waals surface area (Å²) in [6.07, 6.45) is -2.98. The second-order valence-corrected chi connectivity index (χ2v) is 11.5. The third-order valence-corrected chi connectivity index (χ3v) is 8.51. The second-order valence-electron chi connectivity index (χ2n) is 11.5. The maximum absolute atomic E-state index is 13.5. The third kappa shape index (κ3) is 6.82. The fourth-order valence-electron chi connectivity index (χ4n) is 5.72. The number of likely N-dealkylation sites (N-methyl/N-ethyl adjacent to an activating group) is 1. The molecule has 2 aromatic heterocycles. The number of rotatable bonds is 7. The first-order valence-corrected chi connectivity index (χ1v) is 15.3. The Balaban J connectivity index is 1.22. The van der Waals surface area contributed by atoms with Crippen LogP contribution in [0.1, 0.15) is 28.4 Å². The van der Waals surface area contributed by atoms with Crippen LogP contribution in [0.3, 0.4) is 0 Å². The van der Waals surface area contributed by atoms with Crippen molar-refractivity contribution in [2.24, 2.45) is 7.05 Å². The molecule has 47 heavy (non-hydrogen) atoms. The minimum absolute atomic E-state index is 0.122. The molecule has 0 atom stereocenters. The quantitative estimate of drug-likeness (QED) is 0.211. The molecular formula is C35H34F3N7O2. The van der Waals surface area contributed by atoms with Crippen LogP contribution < -0.4 is 21.1 Å². The third-order valence-electron chi connectivity index (χ3n) is 8.51. The number of nitrogens with one attached hydrogen (secondary N) is 2. The van der Waals surface area contributed by atoms with E-state index in [2.05, 4.69) is 49.5 Å². The molecule has 9 nitrogen and oxygen atoms in total. The van der Waals surface area contributed by atoms with Gasteiger partial charge < -0.3 is 25.0 Å². The van der Waals surface area contributed by atoms with Gasteiger partial charge >= 0.3 is 6.18 Å². The maximum Gasteiger partial charge on any atom is 0.416 e. The van der Waals surface area contributed by atoms with Gasteiger partial charge in [0.1, 0.15) is 5.52 Å². The van der Waals surface area contributed by atoms with Crippen molar-refractivity contribution in [3.8, 4) is 11.3 Å². The van der Waals surface area contributed by atoms with E-state index in [0.717, 1.165) is 61.8 Å². The Morgan fingerprint density at radius 1 is 0.936 bits per heavy atom. The molecule has 1 aliphatic heterocycles. The SMILES string of the molecule is CCN1CCN(c2ccc(Nc3ncc4cc(-c5cc(NC(=O)c6cccc(C(F)(F)F)c6)ccc5C)n(C)c(=O)c4n3)cc2)CC1. The van der Waals surface area contributed by atoms with Gasteiger partial charge in [-0.15, -0.1) is 0 Å². The Morgan fingerprint density at radius 3 is 2.36 bits per heavy atom. The Labute approximate surface area is 269 Å². The lowest BCUT2D eigenvalue weighted by molar-refractivity contribution is -0.137. The van der Waals surface area contributed by atoms with E-state index in [9.17, 15) is 22.8 Å². The summed E-state index contributed by atoms with van der Waals surface area (Å²) in [5.41, 5.74) is 3.25. The van der Waals surface area contributed by atoms with Crippen molar-refractivity contribution in [2.75, 3.05) is 48.3 Å². The number of carbonyl (C=O) groups excluding carboxylic acids is 1. The number of anilines is 4. The van der Waals surface area contributed by atoms with Gasteiger partial charge in [-0.2, -0.15) is 13.2 Å². The number of piperazine rings is 1. The fraction of sp³-hybridized carbons (Fsp3) is 0.257. The van der Waals surface area contributed by atoms with E-state index >= 15 is 0 Å². The molecule has 242 valence electrons. The van der Waals surface area contributed by atoms with Crippen LogP contribution in [0.15, 0.2) is 83.8 Å². The summed E-state index contributed by atoms with van der Waals surface area (Å²) in [5, 5.41) is 6.40. The Kier molecular flexibility index (Phi) is 8.69. The number of carbonyl (C=O) groups is 1. The number of fused-ring (bicyclic) bond motifs is 1. The summed E-state index contributed by atoms with van der Waals surface area (Å²) < 4.78 is 41.0. The van der Waals surface area contributed by atoms with E-state index in [0.29, 0.717) is 28.3 Å². The number of aryl methyl sites for hydroxylation is 1. The van der Waals surface area contributed by atoms with Crippen molar-refractivity contribution in [3.63, 3.8) is 0 Å². The normalized spacial score (nSPS) is 14.0. The van der Waals surface area contributed by atoms with Crippen LogP contribution >= 0.6 is 0 Å². The Morgan fingerprint density at radius 2 is 1.66 bits per heavy atom. The molecule has 1 aliphatic rings. The maximum atomic E-state index is 13.5. The molecule has 0 spiro atoms. The molecule has 3 aromatic carbocycles. The van der Waals surface area contributed by atoms with Crippen LogP contribution in [0.5, 0.6) is 0 Å². The molecule has 2 N–H and O–H groups in total. The predicted octanol–water partition coefficient (Wildman–Crippen LogP) is 6.46. The van der Waals surface area contributed by atoms with Crippen LogP contribution in [0, 0.1) is 6.92 Å². The van der Waals surface area contributed by atoms with Gasteiger partial charge in [0.15, 0.2) is 0 Å². The lowest BCUT2D eigenvalue weighted by Crippen LogP contribution is -2.46. The van der Waals surface area contributed by atoms with E-state index < -0.39 is 17.6 Å². The molecule has 1 saturated heterocycles. The predicted molar refractivity (Wildman–Crippen MR) is 178 cm³/mol. The number of aromatic nitrogens is 3. The first-order chi connectivity index (χ1) is 22.5. The van der Waals surface area contributed by atoms with Gasteiger partial charge in [-0.05, 0) is 79.7 Å². The number of pyridine rings is 1. The Hall–Kier alpha value is -5.23. The average molecular weight is 642 g/mol. The molecule has 0 unspecified atom stereocenters. The van der Waals surface area contributed by atoms with Crippen LogP contribution in [0.25, 0.3) is 22.2 Å². The number of nitrogens with zero attached hydrogens (tertiary/aromatic N) is 5. The lowest BCUT2D eigenvalue weighted by Gasteiger charge is -2.35. The highest BCUT2D eigenvalue weighted by atomic mass is 19.4. The van der Waals surface area contributed by atoms with Gasteiger partial charge in [0, 0.05) is 73.0 Å². The molecule has 0 bridgehead atoms. The molecule has 12 heteroatoms. The summed E-state index contributed by atoms with van der Waals surface area (Å²) in [7, 11) is 1.64. The highest BCUT2D eigenvalue weighted by molar-refractivity contribution is 6.04. The number of hydrogen-bond donors (Lipinski definition) is 2. The van der Waals surface area contributed by atoms with E-state index in [-0.39, 0.29) is 16.6 Å². The van der Waals surface area contributed by atoms with Gasteiger partial charge in [-0.3, -0.25) is 9.59 Å². The number of halogens is 3. The summed E-state index contributed by atoms with van der Waals surface area (Å²) >= 11 is 0. The molecule has 0 saturated carbocycles. The van der Waals surface area contributed by atoms with E-state index in [1.807, 2.05) is 19.1 Å². The number of amides is 1. The minimum atomic E-state index is -4.56. The molecular weight excluding hydrogens is 607 g/mol. The van der Waals surface area contributed by atoms with E-state index in [1.54, 1.807) is 37.5 Å². The van der Waals surface area contributed by atoms with E-state index in [4.69, 9.17) is 0 Å². The molecule has 5 aromatic rings. The highest BCUT2D eigenvalue weighted by Crippen LogP contribution is 2.31. The topological polar surface area (TPSA) is 95.4 Å². The molecule has 0 radical (unpaired) electrons. The number of hydrogen-bond acceptors (Lipinski definition) is 7. The molecule has 0 aliphatic carbocycles. The van der Waals surface area contributed by atoms with E-state index in [1.165, 1.54) is 16.7 Å². The van der Waals surface area contributed by atoms with Crippen molar-refractivity contribution >= 4 is 39.8 Å². The summed E-state index contributed by atoms with van der Waals surface area (Å²) in [6.45, 7) is 9.17. The minimum Gasteiger partial charge on any atom is -0.369 e. The van der Waals surface area contributed by atoms with Crippen molar-refractivity contribution in [2.45, 2.75) is 20.0 Å².